The van der Waals surface area contributed by atoms with Gasteiger partial charge in [-0.05, 0) is 25.0 Å². The second-order valence-corrected chi connectivity index (χ2v) is 6.76. The molecule has 0 unspecified atom stereocenters. The molecule has 0 bridgehead atoms. The van der Waals surface area contributed by atoms with Gasteiger partial charge in [-0.1, -0.05) is 38.3 Å². The van der Waals surface area contributed by atoms with Gasteiger partial charge in [-0.3, -0.25) is 0 Å². The first kappa shape index (κ1) is 18.3. The Kier molecular flexibility index (Phi) is 6.48. The number of rotatable bonds is 7. The first-order valence-corrected chi connectivity index (χ1v) is 9.03. The van der Waals surface area contributed by atoms with E-state index in [0.29, 0.717) is 11.4 Å². The van der Waals surface area contributed by atoms with Gasteiger partial charge in [0.15, 0.2) is 0 Å². The van der Waals surface area contributed by atoms with Gasteiger partial charge in [0, 0.05) is 10.4 Å². The van der Waals surface area contributed by atoms with Crippen molar-refractivity contribution in [2.45, 2.75) is 51.1 Å². The van der Waals surface area contributed by atoms with Crippen LogP contribution >= 0.6 is 22.9 Å². The van der Waals surface area contributed by atoms with Crippen LogP contribution in [0.15, 0.2) is 24.3 Å². The van der Waals surface area contributed by atoms with E-state index in [1.807, 2.05) is 0 Å². The molecule has 0 fully saturated rings. The minimum absolute atomic E-state index is 0.390. The van der Waals surface area contributed by atoms with Crippen LogP contribution in [0.1, 0.15) is 48.7 Å². The minimum atomic E-state index is -4.31. The average molecular weight is 362 g/mol. The van der Waals surface area contributed by atoms with E-state index < -0.39 is 11.7 Å². The first-order valence-electron chi connectivity index (χ1n) is 7.68. The monoisotopic (exact) mass is 361 g/mol. The summed E-state index contributed by atoms with van der Waals surface area (Å²) in [5, 5.41) is 0.736. The lowest BCUT2D eigenvalue weighted by Crippen LogP contribution is -2.03. The van der Waals surface area contributed by atoms with Gasteiger partial charge in [0.1, 0.15) is 5.01 Å². The zero-order valence-corrected chi connectivity index (χ0v) is 14.5. The summed E-state index contributed by atoms with van der Waals surface area (Å²) >= 11 is 7.45. The Morgan fingerprint density at radius 2 is 1.78 bits per heavy atom. The molecule has 23 heavy (non-hydrogen) atoms. The predicted octanol–water partition coefficient (Wildman–Crippen LogP) is 6.69. The van der Waals surface area contributed by atoms with Gasteiger partial charge >= 0.3 is 6.18 Å². The summed E-state index contributed by atoms with van der Waals surface area (Å²) in [7, 11) is 0. The maximum atomic E-state index is 12.6. The quantitative estimate of drug-likeness (QED) is 0.395. The topological polar surface area (TPSA) is 12.9 Å². The fourth-order valence-electron chi connectivity index (χ4n) is 2.33. The van der Waals surface area contributed by atoms with E-state index in [4.69, 9.17) is 11.6 Å². The van der Waals surface area contributed by atoms with E-state index in [2.05, 4.69) is 11.9 Å². The SMILES string of the molecule is CCCCCCc1nc(-c2ccc(C(F)(F)F)cc2)sc1CCl. The number of halogens is 4. The molecule has 0 atom stereocenters. The normalized spacial score (nSPS) is 11.9. The molecule has 0 saturated carbocycles. The van der Waals surface area contributed by atoms with Gasteiger partial charge in [-0.15, -0.1) is 22.9 Å². The second kappa shape index (κ2) is 8.15. The van der Waals surface area contributed by atoms with Crippen LogP contribution in [0.2, 0.25) is 0 Å². The molecule has 0 aliphatic rings. The number of hydrogen-bond donors (Lipinski definition) is 0. The lowest BCUT2D eigenvalue weighted by atomic mass is 10.1. The van der Waals surface area contributed by atoms with Crippen molar-refractivity contribution in [1.29, 1.82) is 0 Å². The fraction of sp³-hybridized carbons (Fsp3) is 0.471. The fourth-order valence-corrected chi connectivity index (χ4v) is 3.61. The third-order valence-electron chi connectivity index (χ3n) is 3.63. The molecule has 0 radical (unpaired) electrons. The van der Waals surface area contributed by atoms with Crippen molar-refractivity contribution in [3.05, 3.63) is 40.4 Å². The van der Waals surface area contributed by atoms with Crippen LogP contribution in [0.5, 0.6) is 0 Å². The van der Waals surface area contributed by atoms with Crippen LogP contribution in [0.3, 0.4) is 0 Å². The molecule has 2 aromatic rings. The molecular weight excluding hydrogens is 343 g/mol. The zero-order chi connectivity index (χ0) is 16.9. The van der Waals surface area contributed by atoms with Crippen molar-refractivity contribution in [3.8, 4) is 10.6 Å². The highest BCUT2D eigenvalue weighted by Gasteiger charge is 2.30. The van der Waals surface area contributed by atoms with E-state index in [1.165, 1.54) is 36.3 Å². The number of thiazole rings is 1. The van der Waals surface area contributed by atoms with Gasteiger partial charge < -0.3 is 0 Å². The largest absolute Gasteiger partial charge is 0.416 e. The molecule has 0 N–H and O–H groups in total. The molecule has 6 heteroatoms. The third-order valence-corrected chi connectivity index (χ3v) is 5.20. The Labute approximate surface area is 143 Å². The molecule has 1 aromatic heterocycles. The Bertz CT molecular complexity index is 620. The molecule has 0 amide bonds. The Hall–Kier alpha value is -1.07. The highest BCUT2D eigenvalue weighted by molar-refractivity contribution is 7.15. The van der Waals surface area contributed by atoms with Crippen molar-refractivity contribution < 1.29 is 13.2 Å². The van der Waals surface area contributed by atoms with E-state index >= 15 is 0 Å². The lowest BCUT2D eigenvalue weighted by molar-refractivity contribution is -0.137. The summed E-state index contributed by atoms with van der Waals surface area (Å²) in [5.41, 5.74) is 1.04. The number of benzene rings is 1. The molecule has 0 aliphatic carbocycles. The van der Waals surface area contributed by atoms with Gasteiger partial charge in [0.2, 0.25) is 0 Å². The molecule has 2 rings (SSSR count). The highest BCUT2D eigenvalue weighted by Crippen LogP contribution is 2.33. The summed E-state index contributed by atoms with van der Waals surface area (Å²) in [6.45, 7) is 2.16. The molecule has 0 saturated heterocycles. The van der Waals surface area contributed by atoms with Crippen molar-refractivity contribution in [1.82, 2.24) is 4.98 Å². The van der Waals surface area contributed by atoms with E-state index in [9.17, 15) is 13.2 Å². The predicted molar refractivity (Wildman–Crippen MR) is 90.0 cm³/mol. The maximum absolute atomic E-state index is 12.6. The van der Waals surface area contributed by atoms with Crippen LogP contribution in [0, 0.1) is 0 Å². The molecule has 1 aromatic carbocycles. The minimum Gasteiger partial charge on any atom is -0.241 e. The van der Waals surface area contributed by atoms with E-state index in [-0.39, 0.29) is 0 Å². The molecule has 0 aliphatic heterocycles. The standard InChI is InChI=1S/C17H19ClF3NS/c1-2-3-4-5-6-14-15(11-18)23-16(22-14)12-7-9-13(10-8-12)17(19,20)21/h7-10H,2-6,11H2,1H3. The summed E-state index contributed by atoms with van der Waals surface area (Å²) < 4.78 is 37.8. The van der Waals surface area contributed by atoms with Crippen molar-refractivity contribution >= 4 is 22.9 Å². The van der Waals surface area contributed by atoms with Gasteiger partial charge in [-0.25, -0.2) is 4.98 Å². The van der Waals surface area contributed by atoms with Gasteiger partial charge in [0.05, 0.1) is 17.1 Å². The second-order valence-electron chi connectivity index (χ2n) is 5.41. The Balaban J connectivity index is 2.15. The maximum Gasteiger partial charge on any atom is 0.416 e. The van der Waals surface area contributed by atoms with Crippen LogP contribution < -0.4 is 0 Å². The van der Waals surface area contributed by atoms with Gasteiger partial charge in [-0.2, -0.15) is 13.2 Å². The molecule has 126 valence electrons. The third kappa shape index (κ3) is 4.95. The molecule has 0 spiro atoms. The zero-order valence-electron chi connectivity index (χ0n) is 12.9. The number of alkyl halides is 4. The molecule has 1 nitrogen and oxygen atoms in total. The first-order chi connectivity index (χ1) is 11.0. The number of aryl methyl sites for hydroxylation is 1. The average Bonchev–Trinajstić information content (AvgIpc) is 2.94. The summed E-state index contributed by atoms with van der Waals surface area (Å²) in [6.07, 6.45) is 1.16. The lowest BCUT2D eigenvalue weighted by Gasteiger charge is -2.06. The highest BCUT2D eigenvalue weighted by atomic mass is 35.5. The number of aromatic nitrogens is 1. The Morgan fingerprint density at radius 1 is 1.09 bits per heavy atom. The number of unbranched alkanes of at least 4 members (excludes halogenated alkanes) is 3. The molecule has 1 heterocycles. The summed E-state index contributed by atoms with van der Waals surface area (Å²) in [4.78, 5) is 5.61. The van der Waals surface area contributed by atoms with Gasteiger partial charge in [0.25, 0.3) is 0 Å². The van der Waals surface area contributed by atoms with Crippen LogP contribution in [-0.4, -0.2) is 4.98 Å². The van der Waals surface area contributed by atoms with Crippen LogP contribution in [-0.2, 0) is 18.5 Å². The van der Waals surface area contributed by atoms with E-state index in [0.717, 1.165) is 47.0 Å². The molecular formula is C17H19ClF3NS. The van der Waals surface area contributed by atoms with Crippen molar-refractivity contribution in [2.24, 2.45) is 0 Å². The van der Waals surface area contributed by atoms with Crippen molar-refractivity contribution in [3.63, 3.8) is 0 Å². The Morgan fingerprint density at radius 3 is 2.35 bits per heavy atom. The number of hydrogen-bond acceptors (Lipinski definition) is 2. The van der Waals surface area contributed by atoms with Crippen LogP contribution in [0.4, 0.5) is 13.2 Å². The van der Waals surface area contributed by atoms with Crippen LogP contribution in [0.25, 0.3) is 10.6 Å². The number of nitrogens with zero attached hydrogens (tertiary/aromatic N) is 1. The summed E-state index contributed by atoms with van der Waals surface area (Å²) in [5.74, 6) is 0.390. The van der Waals surface area contributed by atoms with Crippen molar-refractivity contribution in [2.75, 3.05) is 0 Å². The summed E-state index contributed by atoms with van der Waals surface area (Å²) in [6, 6.07) is 5.14. The smallest absolute Gasteiger partial charge is 0.241 e. The van der Waals surface area contributed by atoms with E-state index in [1.54, 1.807) is 0 Å².